The summed E-state index contributed by atoms with van der Waals surface area (Å²) >= 11 is 0. The van der Waals surface area contributed by atoms with Crippen molar-refractivity contribution in [3.05, 3.63) is 35.6 Å². The van der Waals surface area contributed by atoms with Crippen molar-refractivity contribution >= 4 is 23.6 Å². The van der Waals surface area contributed by atoms with Crippen LogP contribution in [0.2, 0.25) is 0 Å². The van der Waals surface area contributed by atoms with E-state index in [0.717, 1.165) is 0 Å². The Morgan fingerprint density at radius 2 is 1.86 bits per heavy atom. The van der Waals surface area contributed by atoms with E-state index in [2.05, 4.69) is 15.2 Å². The number of aliphatic imine (C=N–C) groups is 1. The van der Waals surface area contributed by atoms with Gasteiger partial charge in [0.25, 0.3) is 17.6 Å². The van der Waals surface area contributed by atoms with E-state index >= 15 is 0 Å². The highest BCUT2D eigenvalue weighted by Gasteiger charge is 2.41. The summed E-state index contributed by atoms with van der Waals surface area (Å²) in [7, 11) is 1.46. The van der Waals surface area contributed by atoms with Crippen LogP contribution in [0.25, 0.3) is 0 Å². The van der Waals surface area contributed by atoms with Gasteiger partial charge in [0.05, 0.1) is 6.61 Å². The number of guanidine groups is 1. The Morgan fingerprint density at radius 3 is 2.48 bits per heavy atom. The van der Waals surface area contributed by atoms with Crippen LogP contribution in [0.3, 0.4) is 0 Å². The smallest absolute Gasteiger partial charge is 0.299 e. The molecule has 2 amide bonds. The first-order valence-electron chi connectivity index (χ1n) is 9.40. The molecule has 1 saturated heterocycles. The molecule has 3 rings (SSSR count). The maximum absolute atomic E-state index is 13.0. The molecule has 2 N–H and O–H groups in total. The number of carbonyl (C=O) groups is 3. The number of halogens is 1. The van der Waals surface area contributed by atoms with Gasteiger partial charge in [0.1, 0.15) is 5.82 Å². The van der Waals surface area contributed by atoms with E-state index in [9.17, 15) is 18.8 Å². The predicted octanol–water partition coefficient (Wildman–Crippen LogP) is -1.18. The number of amides is 2. The molecule has 0 aliphatic carbocycles. The summed E-state index contributed by atoms with van der Waals surface area (Å²) in [4.78, 5) is 46.6. The summed E-state index contributed by atoms with van der Waals surface area (Å²) in [5.41, 5.74) is 0.663. The number of nitrogens with zero attached hydrogens (tertiary/aromatic N) is 4. The van der Waals surface area contributed by atoms with E-state index < -0.39 is 23.6 Å². The second-order valence-corrected chi connectivity index (χ2v) is 6.96. The molecule has 1 aromatic carbocycles. The van der Waals surface area contributed by atoms with Crippen LogP contribution in [0.15, 0.2) is 29.3 Å². The van der Waals surface area contributed by atoms with Crippen LogP contribution >= 0.6 is 0 Å². The van der Waals surface area contributed by atoms with Crippen molar-refractivity contribution in [2.24, 2.45) is 4.99 Å². The largest absolute Gasteiger partial charge is 0.395 e. The lowest BCUT2D eigenvalue weighted by Gasteiger charge is -2.39. The molecule has 0 spiro atoms. The van der Waals surface area contributed by atoms with Gasteiger partial charge < -0.3 is 15.3 Å². The van der Waals surface area contributed by atoms with E-state index in [0.29, 0.717) is 44.2 Å². The number of Topliss-reactive ketones (excluding diaryl/α,β-unsaturated/α-hetero) is 1. The van der Waals surface area contributed by atoms with Crippen LogP contribution in [-0.4, -0.2) is 95.8 Å². The van der Waals surface area contributed by atoms with Crippen LogP contribution in [0.5, 0.6) is 0 Å². The highest BCUT2D eigenvalue weighted by Crippen LogP contribution is 2.13. The Bertz CT molecular complexity index is 805. The van der Waals surface area contributed by atoms with Crippen LogP contribution in [-0.2, 0) is 20.9 Å². The first-order valence-corrected chi connectivity index (χ1v) is 9.40. The molecule has 0 aromatic heterocycles. The number of piperazine rings is 1. The highest BCUT2D eigenvalue weighted by molar-refractivity contribution is 6.45. The van der Waals surface area contributed by atoms with Gasteiger partial charge in [-0.25, -0.2) is 9.38 Å². The first-order chi connectivity index (χ1) is 13.9. The van der Waals surface area contributed by atoms with Gasteiger partial charge in [0.15, 0.2) is 6.04 Å². The quantitative estimate of drug-likeness (QED) is 0.472. The molecular formula is C19H24FN5O4. The zero-order chi connectivity index (χ0) is 21.0. The number of rotatable bonds is 5. The molecule has 156 valence electrons. The van der Waals surface area contributed by atoms with Gasteiger partial charge >= 0.3 is 0 Å². The number of aliphatic hydroxyl groups is 1. The van der Waals surface area contributed by atoms with Crippen molar-refractivity contribution in [3.8, 4) is 0 Å². The fourth-order valence-electron chi connectivity index (χ4n) is 3.31. The Morgan fingerprint density at radius 1 is 1.21 bits per heavy atom. The van der Waals surface area contributed by atoms with Crippen LogP contribution in [0.1, 0.15) is 5.56 Å². The van der Waals surface area contributed by atoms with Crippen molar-refractivity contribution in [2.45, 2.75) is 12.6 Å². The lowest BCUT2D eigenvalue weighted by molar-refractivity contribution is -0.145. The monoisotopic (exact) mass is 405 g/mol. The Kier molecular flexibility index (Phi) is 6.55. The molecule has 1 unspecified atom stereocenters. The molecule has 2 aliphatic heterocycles. The minimum Gasteiger partial charge on any atom is -0.395 e. The third-order valence-corrected chi connectivity index (χ3v) is 5.01. The summed E-state index contributed by atoms with van der Waals surface area (Å²) in [6, 6.07) is 4.16. The van der Waals surface area contributed by atoms with Crippen molar-refractivity contribution < 1.29 is 23.9 Å². The number of carbonyl (C=O) groups excluding carboxylic acids is 3. The minimum absolute atomic E-state index is 0.0735. The third-order valence-electron chi connectivity index (χ3n) is 5.01. The van der Waals surface area contributed by atoms with Crippen molar-refractivity contribution in [3.63, 3.8) is 0 Å². The SMILES string of the molecule is CN1C(=O)C(=O)C(C(=O)NCc2ccc(F)cc2)N=C1N1CCN(CCO)CC1. The van der Waals surface area contributed by atoms with Crippen molar-refractivity contribution in [2.75, 3.05) is 46.4 Å². The van der Waals surface area contributed by atoms with Gasteiger partial charge in [-0.3, -0.25) is 24.2 Å². The van der Waals surface area contributed by atoms with E-state index in [1.165, 1.54) is 36.2 Å². The molecule has 2 heterocycles. The zero-order valence-corrected chi connectivity index (χ0v) is 16.2. The minimum atomic E-state index is -1.44. The first kappa shape index (κ1) is 20.9. The number of nitrogens with one attached hydrogen (secondary N) is 1. The van der Waals surface area contributed by atoms with Gasteiger partial charge in [-0.15, -0.1) is 0 Å². The summed E-state index contributed by atoms with van der Waals surface area (Å²) in [6.07, 6.45) is 0. The number of likely N-dealkylation sites (N-methyl/N-ethyl adjacent to an activating group) is 1. The Labute approximate surface area is 167 Å². The van der Waals surface area contributed by atoms with Crippen molar-refractivity contribution in [1.82, 2.24) is 20.0 Å². The molecule has 2 aliphatic rings. The maximum Gasteiger partial charge on any atom is 0.299 e. The molecule has 1 aromatic rings. The number of hydrogen-bond acceptors (Lipinski definition) is 7. The summed E-state index contributed by atoms with van der Waals surface area (Å²) in [5, 5.41) is 11.6. The molecular weight excluding hydrogens is 381 g/mol. The fourth-order valence-corrected chi connectivity index (χ4v) is 3.31. The molecule has 9 nitrogen and oxygen atoms in total. The van der Waals surface area contributed by atoms with Crippen LogP contribution in [0.4, 0.5) is 4.39 Å². The molecule has 1 fully saturated rings. The second-order valence-electron chi connectivity index (χ2n) is 6.96. The lowest BCUT2D eigenvalue weighted by atomic mass is 10.1. The molecule has 0 radical (unpaired) electrons. The van der Waals surface area contributed by atoms with E-state index in [1.54, 1.807) is 0 Å². The maximum atomic E-state index is 13.0. The summed E-state index contributed by atoms with van der Waals surface area (Å²) < 4.78 is 13.0. The normalized spacial score (nSPS) is 20.7. The van der Waals surface area contributed by atoms with Crippen molar-refractivity contribution in [1.29, 1.82) is 0 Å². The topological polar surface area (TPSA) is 106 Å². The number of benzene rings is 1. The zero-order valence-electron chi connectivity index (χ0n) is 16.2. The second kappa shape index (κ2) is 9.10. The number of β-amino-alcohol motifs (C(OH)–C–C–N with tert-alkyl or cyclic N) is 1. The average molecular weight is 405 g/mol. The van der Waals surface area contributed by atoms with Gasteiger partial charge in [-0.1, -0.05) is 12.1 Å². The third kappa shape index (κ3) is 4.77. The van der Waals surface area contributed by atoms with Gasteiger partial charge in [0.2, 0.25) is 5.96 Å². The summed E-state index contributed by atoms with van der Waals surface area (Å²) in [6.45, 7) is 3.22. The summed E-state index contributed by atoms with van der Waals surface area (Å²) in [5.74, 6) is -2.43. The van der Waals surface area contributed by atoms with E-state index in [-0.39, 0.29) is 19.0 Å². The number of aliphatic hydroxyl groups excluding tert-OH is 1. The molecule has 0 saturated carbocycles. The highest BCUT2D eigenvalue weighted by atomic mass is 19.1. The van der Waals surface area contributed by atoms with Gasteiger partial charge in [-0.2, -0.15) is 0 Å². The Balaban J connectivity index is 1.69. The molecule has 1 atom stereocenters. The molecule has 0 bridgehead atoms. The van der Waals surface area contributed by atoms with Crippen LogP contribution < -0.4 is 5.32 Å². The standard InChI is InChI=1S/C19H24FN5O4/c1-23-18(29)16(27)15(17(28)21-12-13-2-4-14(20)5-3-13)22-19(23)25-8-6-24(7-9-25)10-11-26/h2-5,15,26H,6-12H2,1H3,(H,21,28). The number of ketones is 1. The average Bonchev–Trinajstić information content (AvgIpc) is 2.73. The van der Waals surface area contributed by atoms with Gasteiger partial charge in [-0.05, 0) is 17.7 Å². The van der Waals surface area contributed by atoms with E-state index in [1.807, 2.05) is 4.90 Å². The fraction of sp³-hybridized carbons (Fsp3) is 0.474. The van der Waals surface area contributed by atoms with E-state index in [4.69, 9.17) is 5.11 Å². The predicted molar refractivity (Wildman–Crippen MR) is 102 cm³/mol. The molecule has 10 heteroatoms. The Hall–Kier alpha value is -2.85. The van der Waals surface area contributed by atoms with Gasteiger partial charge in [0, 0.05) is 46.3 Å². The lowest BCUT2D eigenvalue weighted by Crippen LogP contribution is -2.60. The number of hydrogen-bond donors (Lipinski definition) is 2. The van der Waals surface area contributed by atoms with Crippen LogP contribution in [0, 0.1) is 5.82 Å². The molecule has 29 heavy (non-hydrogen) atoms.